The van der Waals surface area contributed by atoms with Gasteiger partial charge in [-0.2, -0.15) is 0 Å². The maximum atomic E-state index is 5.41. The van der Waals surface area contributed by atoms with Crippen LogP contribution in [0.1, 0.15) is 0 Å². The third-order valence-electron chi connectivity index (χ3n) is 9.23. The molecule has 0 spiro atoms. The van der Waals surface area contributed by atoms with E-state index in [2.05, 4.69) is 181 Å². The SMILES string of the molecule is c1ccc(-c2ccc(N(c3ccc4ccc5nc(-c6ccccc6)c(-c6ccccc6)nc5c4c3)c3cccc4ccccc34)cc2)cc1. The summed E-state index contributed by atoms with van der Waals surface area (Å²) >= 11 is 0. The predicted octanol–water partition coefficient (Wildman–Crippen LogP) is 12.4. The number of anilines is 3. The Morgan fingerprint density at radius 3 is 1.59 bits per heavy atom. The number of nitrogens with zero attached hydrogens (tertiary/aromatic N) is 3. The van der Waals surface area contributed by atoms with Crippen molar-refractivity contribution in [2.45, 2.75) is 0 Å². The van der Waals surface area contributed by atoms with E-state index in [1.54, 1.807) is 0 Å². The first-order chi connectivity index (χ1) is 24.3. The Hall–Kier alpha value is -6.58. The minimum atomic E-state index is 0.868. The van der Waals surface area contributed by atoms with Gasteiger partial charge in [-0.3, -0.25) is 0 Å². The Morgan fingerprint density at radius 2 is 0.878 bits per heavy atom. The molecule has 0 saturated heterocycles. The van der Waals surface area contributed by atoms with E-state index in [-0.39, 0.29) is 0 Å². The molecule has 49 heavy (non-hydrogen) atoms. The molecule has 0 N–H and O–H groups in total. The van der Waals surface area contributed by atoms with Gasteiger partial charge in [-0.05, 0) is 58.3 Å². The third-order valence-corrected chi connectivity index (χ3v) is 9.23. The quantitative estimate of drug-likeness (QED) is 0.172. The average Bonchev–Trinajstić information content (AvgIpc) is 3.19. The van der Waals surface area contributed by atoms with Crippen molar-refractivity contribution in [1.29, 1.82) is 0 Å². The first kappa shape index (κ1) is 28.6. The molecule has 0 amide bonds. The molecule has 3 heteroatoms. The van der Waals surface area contributed by atoms with Gasteiger partial charge in [0.1, 0.15) is 0 Å². The monoisotopic (exact) mass is 625 g/mol. The predicted molar refractivity (Wildman–Crippen MR) is 206 cm³/mol. The highest BCUT2D eigenvalue weighted by atomic mass is 15.1. The third kappa shape index (κ3) is 5.28. The van der Waals surface area contributed by atoms with E-state index in [9.17, 15) is 0 Å². The highest BCUT2D eigenvalue weighted by Crippen LogP contribution is 2.42. The molecular formula is C46H31N3. The maximum absolute atomic E-state index is 5.41. The van der Waals surface area contributed by atoms with Crippen LogP contribution in [-0.4, -0.2) is 9.97 Å². The Balaban J connectivity index is 1.27. The van der Waals surface area contributed by atoms with Crippen LogP contribution in [-0.2, 0) is 0 Å². The van der Waals surface area contributed by atoms with Crippen LogP contribution in [0.2, 0.25) is 0 Å². The van der Waals surface area contributed by atoms with Gasteiger partial charge in [0.25, 0.3) is 0 Å². The molecule has 0 radical (unpaired) electrons. The van der Waals surface area contributed by atoms with Gasteiger partial charge in [-0.15, -0.1) is 0 Å². The zero-order valence-electron chi connectivity index (χ0n) is 26.7. The van der Waals surface area contributed by atoms with Crippen molar-refractivity contribution in [2.24, 2.45) is 0 Å². The van der Waals surface area contributed by atoms with Crippen LogP contribution in [0.4, 0.5) is 17.1 Å². The van der Waals surface area contributed by atoms with Gasteiger partial charge in [0, 0.05) is 33.3 Å². The van der Waals surface area contributed by atoms with Crippen LogP contribution < -0.4 is 4.90 Å². The van der Waals surface area contributed by atoms with Gasteiger partial charge in [-0.1, -0.05) is 152 Å². The summed E-state index contributed by atoms with van der Waals surface area (Å²) in [4.78, 5) is 13.0. The summed E-state index contributed by atoms with van der Waals surface area (Å²) in [5, 5.41) is 4.57. The molecule has 0 unspecified atom stereocenters. The number of hydrogen-bond acceptors (Lipinski definition) is 3. The second-order valence-electron chi connectivity index (χ2n) is 12.2. The van der Waals surface area contributed by atoms with Crippen LogP contribution in [0.3, 0.4) is 0 Å². The van der Waals surface area contributed by atoms with E-state index in [1.807, 2.05) is 12.1 Å². The first-order valence-electron chi connectivity index (χ1n) is 16.6. The first-order valence-corrected chi connectivity index (χ1v) is 16.6. The van der Waals surface area contributed by atoms with E-state index in [1.165, 1.54) is 21.9 Å². The minimum absolute atomic E-state index is 0.868. The smallest absolute Gasteiger partial charge is 0.0973 e. The number of benzene rings is 8. The second kappa shape index (κ2) is 12.2. The molecule has 0 bridgehead atoms. The number of aromatic nitrogens is 2. The summed E-state index contributed by atoms with van der Waals surface area (Å²) in [5.41, 5.74) is 11.2. The topological polar surface area (TPSA) is 29.0 Å². The molecule has 8 aromatic carbocycles. The van der Waals surface area contributed by atoms with Crippen LogP contribution >= 0.6 is 0 Å². The lowest BCUT2D eigenvalue weighted by atomic mass is 10.0. The summed E-state index contributed by atoms with van der Waals surface area (Å²) in [6.45, 7) is 0. The normalized spacial score (nSPS) is 11.3. The van der Waals surface area contributed by atoms with Crippen molar-refractivity contribution >= 4 is 49.6 Å². The minimum Gasteiger partial charge on any atom is -0.310 e. The average molecular weight is 626 g/mol. The molecule has 0 fully saturated rings. The molecule has 1 aromatic heterocycles. The van der Waals surface area contributed by atoms with Gasteiger partial charge in [0.05, 0.1) is 28.1 Å². The van der Waals surface area contributed by atoms with E-state index >= 15 is 0 Å². The van der Waals surface area contributed by atoms with Crippen molar-refractivity contribution in [1.82, 2.24) is 9.97 Å². The number of rotatable bonds is 6. The van der Waals surface area contributed by atoms with Gasteiger partial charge in [0.15, 0.2) is 0 Å². The molecule has 3 nitrogen and oxygen atoms in total. The zero-order valence-corrected chi connectivity index (χ0v) is 26.7. The van der Waals surface area contributed by atoms with Gasteiger partial charge in [0.2, 0.25) is 0 Å². The zero-order chi connectivity index (χ0) is 32.6. The number of fused-ring (bicyclic) bond motifs is 4. The molecule has 9 rings (SSSR count). The Labute approximate surface area is 285 Å². The van der Waals surface area contributed by atoms with E-state index in [4.69, 9.17) is 9.97 Å². The van der Waals surface area contributed by atoms with Crippen molar-refractivity contribution in [3.63, 3.8) is 0 Å². The van der Waals surface area contributed by atoms with Crippen LogP contribution in [0.15, 0.2) is 188 Å². The van der Waals surface area contributed by atoms with Crippen molar-refractivity contribution in [3.05, 3.63) is 188 Å². The maximum Gasteiger partial charge on any atom is 0.0973 e. The summed E-state index contributed by atoms with van der Waals surface area (Å²) in [7, 11) is 0. The highest BCUT2D eigenvalue weighted by Gasteiger charge is 2.19. The summed E-state index contributed by atoms with van der Waals surface area (Å²) in [6, 6.07) is 66.2. The lowest BCUT2D eigenvalue weighted by Crippen LogP contribution is -2.10. The van der Waals surface area contributed by atoms with Gasteiger partial charge >= 0.3 is 0 Å². The summed E-state index contributed by atoms with van der Waals surface area (Å²) in [5.74, 6) is 0. The Morgan fingerprint density at radius 1 is 0.347 bits per heavy atom. The molecule has 0 aliphatic carbocycles. The fraction of sp³-hybridized carbons (Fsp3) is 0. The molecule has 230 valence electrons. The Bertz CT molecular complexity index is 2580. The van der Waals surface area contributed by atoms with Crippen molar-refractivity contribution < 1.29 is 0 Å². The van der Waals surface area contributed by atoms with E-state index < -0.39 is 0 Å². The standard InChI is InChI=1S/C46H31N3/c1-4-13-32(14-5-1)33-23-27-38(28-24-33)49(43-22-12-20-34-15-10-11-21-40(34)43)39-29-25-35-26-30-42-46(41(35)31-39)48-45(37-18-8-3-9-19-37)44(47-42)36-16-6-2-7-17-36/h1-31H. The molecular weight excluding hydrogens is 595 g/mol. The van der Waals surface area contributed by atoms with E-state index in [0.29, 0.717) is 0 Å². The summed E-state index contributed by atoms with van der Waals surface area (Å²) in [6.07, 6.45) is 0. The molecule has 0 aliphatic heterocycles. The largest absolute Gasteiger partial charge is 0.310 e. The summed E-state index contributed by atoms with van der Waals surface area (Å²) < 4.78 is 0. The van der Waals surface area contributed by atoms with Crippen molar-refractivity contribution in [2.75, 3.05) is 4.90 Å². The lowest BCUT2D eigenvalue weighted by molar-refractivity contribution is 1.29. The Kier molecular flexibility index (Phi) is 7.14. The van der Waals surface area contributed by atoms with Crippen LogP contribution in [0.5, 0.6) is 0 Å². The lowest BCUT2D eigenvalue weighted by Gasteiger charge is -2.27. The van der Waals surface area contributed by atoms with Gasteiger partial charge in [-0.25, -0.2) is 9.97 Å². The molecule has 9 aromatic rings. The van der Waals surface area contributed by atoms with Crippen molar-refractivity contribution in [3.8, 4) is 33.6 Å². The van der Waals surface area contributed by atoms with Crippen LogP contribution in [0, 0.1) is 0 Å². The van der Waals surface area contributed by atoms with E-state index in [0.717, 1.165) is 61.4 Å². The molecule has 0 atom stereocenters. The second-order valence-corrected chi connectivity index (χ2v) is 12.2. The fourth-order valence-electron chi connectivity index (χ4n) is 6.82. The van der Waals surface area contributed by atoms with Gasteiger partial charge < -0.3 is 4.90 Å². The van der Waals surface area contributed by atoms with Crippen LogP contribution in [0.25, 0.3) is 66.2 Å². The number of hydrogen-bond donors (Lipinski definition) is 0. The molecule has 0 aliphatic rings. The molecule has 0 saturated carbocycles. The molecule has 1 heterocycles. The fourth-order valence-corrected chi connectivity index (χ4v) is 6.82. The highest BCUT2D eigenvalue weighted by molar-refractivity contribution is 6.08.